The largest absolute Gasteiger partial charge is 0.354 e. The van der Waals surface area contributed by atoms with Crippen molar-refractivity contribution < 1.29 is 18.8 Å². The van der Waals surface area contributed by atoms with E-state index in [-0.39, 0.29) is 24.1 Å². The van der Waals surface area contributed by atoms with Gasteiger partial charge in [0.05, 0.1) is 5.69 Å². The molecule has 10 heteroatoms. The van der Waals surface area contributed by atoms with Gasteiger partial charge in [0, 0.05) is 56.1 Å². The van der Waals surface area contributed by atoms with Crippen LogP contribution < -0.4 is 15.5 Å². The Morgan fingerprint density at radius 2 is 1.88 bits per heavy atom. The zero-order valence-electron chi connectivity index (χ0n) is 22.1. The Morgan fingerprint density at radius 1 is 1.02 bits per heavy atom. The summed E-state index contributed by atoms with van der Waals surface area (Å²) >= 11 is 0. The third-order valence-corrected chi connectivity index (χ3v) is 8.05. The van der Waals surface area contributed by atoms with E-state index in [1.807, 2.05) is 41.3 Å². The molecule has 2 aromatic heterocycles. The molecule has 1 unspecified atom stereocenters. The zero-order chi connectivity index (χ0) is 27.6. The molecule has 3 aliphatic heterocycles. The molecule has 6 rings (SSSR count). The van der Waals surface area contributed by atoms with Crippen LogP contribution in [0, 0.1) is 11.7 Å². The number of piperidine rings is 2. The van der Waals surface area contributed by atoms with Gasteiger partial charge < -0.3 is 15.1 Å². The molecule has 0 spiro atoms. The number of nitrogens with zero attached hydrogens (tertiary/aromatic N) is 4. The lowest BCUT2D eigenvalue weighted by Gasteiger charge is -2.33. The van der Waals surface area contributed by atoms with E-state index in [9.17, 15) is 18.8 Å². The first-order chi connectivity index (χ1) is 19.5. The van der Waals surface area contributed by atoms with Crippen LogP contribution in [-0.2, 0) is 22.7 Å². The molecule has 5 heterocycles. The topological polar surface area (TPSA) is 108 Å². The van der Waals surface area contributed by atoms with Gasteiger partial charge >= 0.3 is 0 Å². The number of rotatable bonds is 7. The van der Waals surface area contributed by atoms with E-state index in [1.54, 1.807) is 17.3 Å². The van der Waals surface area contributed by atoms with E-state index in [1.165, 1.54) is 6.07 Å². The molecule has 206 valence electrons. The monoisotopic (exact) mass is 542 g/mol. The van der Waals surface area contributed by atoms with Gasteiger partial charge in [-0.2, -0.15) is 0 Å². The second-order valence-electron chi connectivity index (χ2n) is 10.7. The average Bonchev–Trinajstić information content (AvgIpc) is 3.29. The van der Waals surface area contributed by atoms with Gasteiger partial charge in [-0.15, -0.1) is 0 Å². The van der Waals surface area contributed by atoms with E-state index in [0.717, 1.165) is 43.6 Å². The van der Waals surface area contributed by atoms with Crippen LogP contribution in [-0.4, -0.2) is 58.3 Å². The van der Waals surface area contributed by atoms with Crippen molar-refractivity contribution in [2.75, 3.05) is 24.5 Å². The summed E-state index contributed by atoms with van der Waals surface area (Å²) in [6.07, 6.45) is 5.85. The highest BCUT2D eigenvalue weighted by Gasteiger charge is 2.39. The summed E-state index contributed by atoms with van der Waals surface area (Å²) in [5.74, 6) is -0.302. The predicted octanol–water partition coefficient (Wildman–Crippen LogP) is 3.05. The van der Waals surface area contributed by atoms with Crippen LogP contribution in [0.2, 0.25) is 0 Å². The number of imide groups is 1. The highest BCUT2D eigenvalue weighted by atomic mass is 19.1. The lowest BCUT2D eigenvalue weighted by molar-refractivity contribution is -0.136. The number of fused-ring (bicyclic) bond motifs is 1. The first kappa shape index (κ1) is 26.1. The number of amides is 3. The fourth-order valence-corrected chi connectivity index (χ4v) is 5.84. The number of hydrogen-bond donors (Lipinski definition) is 2. The van der Waals surface area contributed by atoms with E-state index in [2.05, 4.69) is 20.6 Å². The molecule has 3 aliphatic rings. The summed E-state index contributed by atoms with van der Waals surface area (Å²) in [5.41, 5.74) is 3.97. The van der Waals surface area contributed by atoms with Gasteiger partial charge in [0.2, 0.25) is 11.8 Å². The van der Waals surface area contributed by atoms with Crippen LogP contribution >= 0.6 is 0 Å². The maximum atomic E-state index is 14.9. The van der Waals surface area contributed by atoms with Crippen molar-refractivity contribution in [3.05, 3.63) is 77.4 Å². The Labute approximate surface area is 231 Å². The number of nitrogens with one attached hydrogen (secondary N) is 2. The van der Waals surface area contributed by atoms with Crippen molar-refractivity contribution in [1.82, 2.24) is 25.5 Å². The highest BCUT2D eigenvalue weighted by molar-refractivity contribution is 6.05. The highest BCUT2D eigenvalue weighted by Crippen LogP contribution is 2.29. The van der Waals surface area contributed by atoms with Crippen molar-refractivity contribution in [3.63, 3.8) is 0 Å². The van der Waals surface area contributed by atoms with Gasteiger partial charge in [0.1, 0.15) is 6.04 Å². The van der Waals surface area contributed by atoms with Crippen molar-refractivity contribution >= 4 is 23.5 Å². The van der Waals surface area contributed by atoms with Crippen LogP contribution in [0.15, 0.2) is 54.9 Å². The number of carbonyl (C=O) groups excluding carboxylic acids is 3. The fraction of sp³-hybridized carbons (Fsp3) is 0.367. The van der Waals surface area contributed by atoms with Gasteiger partial charge in [0.15, 0.2) is 11.6 Å². The van der Waals surface area contributed by atoms with E-state index in [0.29, 0.717) is 48.1 Å². The maximum absolute atomic E-state index is 14.9. The molecule has 2 N–H and O–H groups in total. The number of pyridine rings is 2. The molecule has 3 aromatic rings. The van der Waals surface area contributed by atoms with Crippen LogP contribution in [0.4, 0.5) is 10.2 Å². The normalized spacial score (nSPS) is 19.6. The lowest BCUT2D eigenvalue weighted by Crippen LogP contribution is -2.52. The van der Waals surface area contributed by atoms with Gasteiger partial charge in [0.25, 0.3) is 5.91 Å². The summed E-state index contributed by atoms with van der Waals surface area (Å²) in [6.45, 7) is 3.39. The summed E-state index contributed by atoms with van der Waals surface area (Å²) in [4.78, 5) is 48.9. The second kappa shape index (κ2) is 11.1. The van der Waals surface area contributed by atoms with Gasteiger partial charge in [-0.1, -0.05) is 18.2 Å². The van der Waals surface area contributed by atoms with Crippen LogP contribution in [0.5, 0.6) is 0 Å². The molecule has 9 nitrogen and oxygen atoms in total. The number of hydrogen-bond acceptors (Lipinski definition) is 7. The van der Waals surface area contributed by atoms with Crippen molar-refractivity contribution in [2.45, 2.75) is 44.8 Å². The van der Waals surface area contributed by atoms with E-state index >= 15 is 0 Å². The third-order valence-electron chi connectivity index (χ3n) is 8.05. The van der Waals surface area contributed by atoms with Crippen molar-refractivity contribution in [1.29, 1.82) is 0 Å². The number of carbonyl (C=O) groups is 3. The molecule has 3 amide bonds. The van der Waals surface area contributed by atoms with E-state index < -0.39 is 11.9 Å². The third kappa shape index (κ3) is 5.31. The van der Waals surface area contributed by atoms with Gasteiger partial charge in [-0.25, -0.2) is 9.37 Å². The lowest BCUT2D eigenvalue weighted by atomic mass is 9.96. The van der Waals surface area contributed by atoms with Crippen molar-refractivity contribution in [3.8, 4) is 11.3 Å². The Bertz CT molecular complexity index is 1440. The SMILES string of the molecule is O=C1CCC(N2Cc3cc(CNCC4CCN(c5ncc(-c6ccccn6)cc5F)CC4)ccc3C2=O)C(=O)N1. The smallest absolute Gasteiger partial charge is 0.255 e. The van der Waals surface area contributed by atoms with Crippen molar-refractivity contribution in [2.24, 2.45) is 5.92 Å². The molecule has 1 aromatic carbocycles. The van der Waals surface area contributed by atoms with Gasteiger partial charge in [-0.3, -0.25) is 24.7 Å². The molecule has 0 radical (unpaired) electrons. The van der Waals surface area contributed by atoms with Crippen LogP contribution in [0.3, 0.4) is 0 Å². The molecule has 0 aliphatic carbocycles. The van der Waals surface area contributed by atoms with Gasteiger partial charge in [-0.05, 0) is 67.1 Å². The number of benzene rings is 1. The molecule has 2 saturated heterocycles. The minimum Gasteiger partial charge on any atom is -0.354 e. The first-order valence-corrected chi connectivity index (χ1v) is 13.8. The quantitative estimate of drug-likeness (QED) is 0.442. The Hall–Kier alpha value is -4.18. The van der Waals surface area contributed by atoms with Crippen LogP contribution in [0.25, 0.3) is 11.3 Å². The van der Waals surface area contributed by atoms with Crippen LogP contribution in [0.1, 0.15) is 47.2 Å². The minimum atomic E-state index is -0.604. The second-order valence-corrected chi connectivity index (χ2v) is 10.7. The number of aromatic nitrogens is 2. The Kier molecular flexibility index (Phi) is 7.25. The first-order valence-electron chi connectivity index (χ1n) is 13.8. The Balaban J connectivity index is 0.988. The molecule has 2 fully saturated rings. The average molecular weight is 543 g/mol. The maximum Gasteiger partial charge on any atom is 0.255 e. The zero-order valence-corrected chi connectivity index (χ0v) is 22.1. The summed E-state index contributed by atoms with van der Waals surface area (Å²) < 4.78 is 14.9. The predicted molar refractivity (Wildman–Crippen MR) is 147 cm³/mol. The van der Waals surface area contributed by atoms with E-state index in [4.69, 9.17) is 0 Å². The minimum absolute atomic E-state index is 0.159. The molecule has 1 atom stereocenters. The summed E-state index contributed by atoms with van der Waals surface area (Å²) in [6, 6.07) is 12.2. The fourth-order valence-electron chi connectivity index (χ4n) is 5.84. The molecular weight excluding hydrogens is 511 g/mol. The number of halogens is 1. The molecule has 40 heavy (non-hydrogen) atoms. The Morgan fingerprint density at radius 3 is 2.62 bits per heavy atom. The summed E-state index contributed by atoms with van der Waals surface area (Å²) in [5, 5.41) is 5.87. The standard InChI is InChI=1S/C30H31FN6O3/c31-24-14-21(25-3-1-2-10-33-25)17-34-28(24)36-11-8-19(9-12-36)15-32-16-20-4-5-23-22(13-20)18-37(30(23)40)26-6-7-27(38)35-29(26)39/h1-5,10,13-14,17,19,26,32H,6-9,11-12,15-16,18H2,(H,35,38,39). The molecule has 0 saturated carbocycles. The molecule has 0 bridgehead atoms. The summed E-state index contributed by atoms with van der Waals surface area (Å²) in [7, 11) is 0. The number of anilines is 1. The molecular formula is C30H31FN6O3.